The number of ether oxygens (including phenoxy) is 1. The van der Waals surface area contributed by atoms with Crippen molar-refractivity contribution in [3.8, 4) is 11.5 Å². The molecule has 5 heteroatoms. The lowest BCUT2D eigenvalue weighted by Gasteiger charge is -2.32. The van der Waals surface area contributed by atoms with Crippen LogP contribution in [-0.2, 0) is 0 Å². The lowest BCUT2D eigenvalue weighted by Crippen LogP contribution is -2.40. The second-order valence-electron chi connectivity index (χ2n) is 4.96. The zero-order chi connectivity index (χ0) is 13.7. The number of hydrogen-bond donors (Lipinski definition) is 1. The van der Waals surface area contributed by atoms with Crippen LogP contribution >= 0.6 is 0 Å². The molecule has 19 heavy (non-hydrogen) atoms. The van der Waals surface area contributed by atoms with Crippen molar-refractivity contribution in [2.24, 2.45) is 5.92 Å². The first-order valence-electron chi connectivity index (χ1n) is 6.56. The van der Waals surface area contributed by atoms with Gasteiger partial charge in [-0.05, 0) is 43.7 Å². The van der Waals surface area contributed by atoms with Crippen molar-refractivity contribution in [3.63, 3.8) is 0 Å². The lowest BCUT2D eigenvalue weighted by atomic mass is 9.99. The summed E-state index contributed by atoms with van der Waals surface area (Å²) in [7, 11) is 0. The van der Waals surface area contributed by atoms with Crippen LogP contribution in [0.2, 0.25) is 0 Å². The number of aromatic hydroxyl groups is 1. The van der Waals surface area contributed by atoms with Gasteiger partial charge in [-0.25, -0.2) is 8.78 Å². The van der Waals surface area contributed by atoms with E-state index in [0.29, 0.717) is 24.8 Å². The Balaban J connectivity index is 1.77. The van der Waals surface area contributed by atoms with Crippen LogP contribution in [0.1, 0.15) is 12.8 Å². The molecule has 1 N–H and O–H groups in total. The van der Waals surface area contributed by atoms with E-state index in [1.54, 1.807) is 29.2 Å². The number of rotatable bonds is 5. The van der Waals surface area contributed by atoms with E-state index in [-0.39, 0.29) is 12.3 Å². The monoisotopic (exact) mass is 271 g/mol. The number of nitrogens with zero attached hydrogens (tertiary/aromatic N) is 1. The number of piperidine rings is 1. The predicted octanol–water partition coefficient (Wildman–Crippen LogP) is 2.75. The van der Waals surface area contributed by atoms with Crippen LogP contribution in [0.15, 0.2) is 24.3 Å². The predicted molar refractivity (Wildman–Crippen MR) is 68.8 cm³/mol. The van der Waals surface area contributed by atoms with E-state index >= 15 is 0 Å². The van der Waals surface area contributed by atoms with E-state index in [0.717, 1.165) is 19.4 Å². The van der Waals surface area contributed by atoms with Gasteiger partial charge in [-0.2, -0.15) is 0 Å². The Bertz CT molecular complexity index is 384. The molecule has 0 aliphatic carbocycles. The van der Waals surface area contributed by atoms with Crippen LogP contribution < -0.4 is 4.74 Å². The van der Waals surface area contributed by atoms with Gasteiger partial charge in [0, 0.05) is 12.5 Å². The summed E-state index contributed by atoms with van der Waals surface area (Å²) < 4.78 is 30.3. The maximum atomic E-state index is 12.3. The van der Waals surface area contributed by atoms with Gasteiger partial charge in [0.25, 0.3) is 6.43 Å². The fourth-order valence-electron chi connectivity index (χ4n) is 2.40. The molecule has 1 aliphatic rings. The number of alkyl halides is 2. The summed E-state index contributed by atoms with van der Waals surface area (Å²) in [5.41, 5.74) is 0. The molecule has 106 valence electrons. The molecule has 0 saturated carbocycles. The SMILES string of the molecule is Oc1ccc(OC[C@@H]2CCCN(CC(F)F)C2)cc1. The zero-order valence-corrected chi connectivity index (χ0v) is 10.8. The summed E-state index contributed by atoms with van der Waals surface area (Å²) >= 11 is 0. The van der Waals surface area contributed by atoms with Gasteiger partial charge >= 0.3 is 0 Å². The maximum absolute atomic E-state index is 12.3. The molecule has 0 bridgehead atoms. The third-order valence-electron chi connectivity index (χ3n) is 3.32. The smallest absolute Gasteiger partial charge is 0.251 e. The van der Waals surface area contributed by atoms with Crippen molar-refractivity contribution in [2.45, 2.75) is 19.3 Å². The number of likely N-dealkylation sites (tertiary alicyclic amines) is 1. The van der Waals surface area contributed by atoms with Crippen LogP contribution in [0.4, 0.5) is 8.78 Å². The van der Waals surface area contributed by atoms with Crippen LogP contribution in [-0.4, -0.2) is 42.7 Å². The first kappa shape index (κ1) is 14.1. The van der Waals surface area contributed by atoms with E-state index in [9.17, 15) is 8.78 Å². The van der Waals surface area contributed by atoms with Gasteiger partial charge in [-0.15, -0.1) is 0 Å². The van der Waals surface area contributed by atoms with E-state index in [1.807, 2.05) is 0 Å². The van der Waals surface area contributed by atoms with Crippen molar-refractivity contribution in [3.05, 3.63) is 24.3 Å². The summed E-state index contributed by atoms with van der Waals surface area (Å²) in [4.78, 5) is 1.80. The Morgan fingerprint density at radius 2 is 2.05 bits per heavy atom. The lowest BCUT2D eigenvalue weighted by molar-refractivity contribution is 0.0552. The molecule has 1 saturated heterocycles. The number of benzene rings is 1. The highest BCUT2D eigenvalue weighted by Crippen LogP contribution is 2.20. The first-order valence-corrected chi connectivity index (χ1v) is 6.56. The zero-order valence-electron chi connectivity index (χ0n) is 10.8. The topological polar surface area (TPSA) is 32.7 Å². The molecule has 1 aliphatic heterocycles. The van der Waals surface area contributed by atoms with Gasteiger partial charge in [-0.3, -0.25) is 4.90 Å². The molecule has 0 unspecified atom stereocenters. The highest BCUT2D eigenvalue weighted by molar-refractivity contribution is 5.30. The molecule has 1 heterocycles. The maximum Gasteiger partial charge on any atom is 0.251 e. The molecule has 1 fully saturated rings. The number of hydrogen-bond acceptors (Lipinski definition) is 3. The number of halogens is 2. The summed E-state index contributed by atoms with van der Waals surface area (Å²) in [5.74, 6) is 1.19. The van der Waals surface area contributed by atoms with E-state index < -0.39 is 6.43 Å². The number of phenols is 1. The molecule has 1 atom stereocenters. The van der Waals surface area contributed by atoms with E-state index in [1.165, 1.54) is 0 Å². The van der Waals surface area contributed by atoms with E-state index in [4.69, 9.17) is 9.84 Å². The summed E-state index contributed by atoms with van der Waals surface area (Å²) in [5, 5.41) is 9.16. The minimum absolute atomic E-state index is 0.143. The largest absolute Gasteiger partial charge is 0.508 e. The molecule has 0 radical (unpaired) electrons. The van der Waals surface area contributed by atoms with Gasteiger partial charge in [-0.1, -0.05) is 0 Å². The average Bonchev–Trinajstić information content (AvgIpc) is 2.38. The van der Waals surface area contributed by atoms with Gasteiger partial charge in [0.2, 0.25) is 0 Å². The van der Waals surface area contributed by atoms with Crippen LogP contribution in [0.5, 0.6) is 11.5 Å². The molecule has 0 amide bonds. The van der Waals surface area contributed by atoms with Crippen LogP contribution in [0, 0.1) is 5.92 Å². The average molecular weight is 271 g/mol. The fourth-order valence-corrected chi connectivity index (χ4v) is 2.40. The third kappa shape index (κ3) is 4.67. The van der Waals surface area contributed by atoms with Gasteiger partial charge < -0.3 is 9.84 Å². The summed E-state index contributed by atoms with van der Waals surface area (Å²) in [6.07, 6.45) is -0.314. The minimum atomic E-state index is -2.27. The molecule has 3 nitrogen and oxygen atoms in total. The standard InChI is InChI=1S/C14H19F2NO2/c15-14(16)9-17-7-1-2-11(8-17)10-19-13-5-3-12(18)4-6-13/h3-6,11,14,18H,1-2,7-10H2/t11-/m1/s1. The van der Waals surface area contributed by atoms with Crippen molar-refractivity contribution < 1.29 is 18.6 Å². The minimum Gasteiger partial charge on any atom is -0.508 e. The second kappa shape index (κ2) is 6.70. The fraction of sp³-hybridized carbons (Fsp3) is 0.571. The number of phenolic OH excluding ortho intramolecular Hbond substituents is 1. The summed E-state index contributed by atoms with van der Waals surface area (Å²) in [6.45, 7) is 1.81. The first-order chi connectivity index (χ1) is 9.13. The van der Waals surface area contributed by atoms with Gasteiger partial charge in [0.15, 0.2) is 0 Å². The van der Waals surface area contributed by atoms with Crippen molar-refractivity contribution >= 4 is 0 Å². The quantitative estimate of drug-likeness (QED) is 0.893. The normalized spacial score (nSPS) is 20.7. The van der Waals surface area contributed by atoms with Crippen molar-refractivity contribution in [1.82, 2.24) is 4.90 Å². The molecule has 2 rings (SSSR count). The highest BCUT2D eigenvalue weighted by Gasteiger charge is 2.22. The molecular formula is C14H19F2NO2. The Hall–Kier alpha value is -1.36. The van der Waals surface area contributed by atoms with Crippen molar-refractivity contribution in [2.75, 3.05) is 26.2 Å². The van der Waals surface area contributed by atoms with Gasteiger partial charge in [0.1, 0.15) is 11.5 Å². The Labute approximate surface area is 111 Å². The molecular weight excluding hydrogens is 252 g/mol. The molecule has 0 spiro atoms. The van der Waals surface area contributed by atoms with Crippen LogP contribution in [0.3, 0.4) is 0 Å². The molecule has 1 aromatic rings. The van der Waals surface area contributed by atoms with Crippen molar-refractivity contribution in [1.29, 1.82) is 0 Å². The second-order valence-corrected chi connectivity index (χ2v) is 4.96. The molecule has 0 aromatic heterocycles. The Morgan fingerprint density at radius 1 is 1.32 bits per heavy atom. The van der Waals surface area contributed by atoms with Gasteiger partial charge in [0.05, 0.1) is 13.2 Å². The summed E-state index contributed by atoms with van der Waals surface area (Å²) in [6, 6.07) is 6.54. The Morgan fingerprint density at radius 3 is 2.74 bits per heavy atom. The molecule has 1 aromatic carbocycles. The van der Waals surface area contributed by atoms with E-state index in [2.05, 4.69) is 0 Å². The van der Waals surface area contributed by atoms with Crippen LogP contribution in [0.25, 0.3) is 0 Å². The third-order valence-corrected chi connectivity index (χ3v) is 3.32. The highest BCUT2D eigenvalue weighted by atomic mass is 19.3. The Kier molecular flexibility index (Phi) is 4.96.